The summed E-state index contributed by atoms with van der Waals surface area (Å²) in [6.45, 7) is 2.36. The second-order valence-electron chi connectivity index (χ2n) is 5.13. The van der Waals surface area contributed by atoms with E-state index < -0.39 is 23.9 Å². The minimum Gasteiger partial charge on any atom is -0.390 e. The Hall–Kier alpha value is -1.11. The largest absolute Gasteiger partial charge is 0.416 e. The molecule has 3 nitrogen and oxygen atoms in total. The van der Waals surface area contributed by atoms with E-state index in [1.165, 1.54) is 12.1 Å². The molecule has 0 saturated carbocycles. The average Bonchev–Trinajstić information content (AvgIpc) is 2.34. The molecular weight excluding hydrogens is 269 g/mol. The van der Waals surface area contributed by atoms with E-state index in [0.29, 0.717) is 6.54 Å². The molecule has 20 heavy (non-hydrogen) atoms. The van der Waals surface area contributed by atoms with E-state index in [9.17, 15) is 18.3 Å². The van der Waals surface area contributed by atoms with Gasteiger partial charge < -0.3 is 15.3 Å². The van der Waals surface area contributed by atoms with Crippen LogP contribution in [0.3, 0.4) is 0 Å². The standard InChI is InChI=1S/C14H21F3N2O/c1-10(18-8-11(20)9-19(2)3)12-6-4-5-7-13(12)14(15,16)17/h4-7,10-11,18,20H,8-9H2,1-3H3/t10-,11-/m1/s1. The summed E-state index contributed by atoms with van der Waals surface area (Å²) >= 11 is 0. The molecule has 2 atom stereocenters. The summed E-state index contributed by atoms with van der Waals surface area (Å²) in [4.78, 5) is 1.82. The number of nitrogens with one attached hydrogen (secondary N) is 1. The maximum Gasteiger partial charge on any atom is 0.416 e. The number of aliphatic hydroxyl groups excluding tert-OH is 1. The monoisotopic (exact) mass is 290 g/mol. The number of nitrogens with zero attached hydrogens (tertiary/aromatic N) is 1. The fourth-order valence-corrected chi connectivity index (χ4v) is 2.04. The molecule has 0 radical (unpaired) electrons. The van der Waals surface area contributed by atoms with E-state index >= 15 is 0 Å². The lowest BCUT2D eigenvalue weighted by atomic mass is 10.0. The smallest absolute Gasteiger partial charge is 0.390 e. The minimum absolute atomic E-state index is 0.192. The predicted molar refractivity (Wildman–Crippen MR) is 72.4 cm³/mol. The lowest BCUT2D eigenvalue weighted by Gasteiger charge is -2.22. The van der Waals surface area contributed by atoms with E-state index in [1.807, 2.05) is 19.0 Å². The van der Waals surface area contributed by atoms with Crippen LogP contribution in [0.1, 0.15) is 24.1 Å². The van der Waals surface area contributed by atoms with Crippen LogP contribution in [0.2, 0.25) is 0 Å². The Morgan fingerprint density at radius 2 is 1.85 bits per heavy atom. The molecule has 0 aliphatic rings. The van der Waals surface area contributed by atoms with Gasteiger partial charge in [0.05, 0.1) is 11.7 Å². The van der Waals surface area contributed by atoms with Gasteiger partial charge in [0.25, 0.3) is 0 Å². The minimum atomic E-state index is -4.37. The predicted octanol–water partition coefficient (Wildman–Crippen LogP) is 2.28. The summed E-state index contributed by atoms with van der Waals surface area (Å²) in [6.07, 6.45) is -4.99. The van der Waals surface area contributed by atoms with Crippen molar-refractivity contribution in [1.82, 2.24) is 10.2 Å². The average molecular weight is 290 g/mol. The number of hydrogen-bond donors (Lipinski definition) is 2. The van der Waals surface area contributed by atoms with Crippen LogP contribution in [0.25, 0.3) is 0 Å². The molecule has 0 bridgehead atoms. The Labute approximate surface area is 117 Å². The molecule has 0 saturated heterocycles. The van der Waals surface area contributed by atoms with Gasteiger partial charge in [-0.05, 0) is 32.6 Å². The second-order valence-corrected chi connectivity index (χ2v) is 5.13. The van der Waals surface area contributed by atoms with Crippen molar-refractivity contribution in [1.29, 1.82) is 0 Å². The van der Waals surface area contributed by atoms with Gasteiger partial charge in [0.2, 0.25) is 0 Å². The van der Waals surface area contributed by atoms with Gasteiger partial charge in [-0.25, -0.2) is 0 Å². The molecule has 0 unspecified atom stereocenters. The van der Waals surface area contributed by atoms with Crippen LogP contribution in [-0.4, -0.2) is 43.3 Å². The molecule has 0 aliphatic carbocycles. The normalized spacial score (nSPS) is 15.4. The van der Waals surface area contributed by atoms with Gasteiger partial charge in [-0.15, -0.1) is 0 Å². The summed E-state index contributed by atoms with van der Waals surface area (Å²) in [5.41, 5.74) is -0.445. The third-order valence-electron chi connectivity index (χ3n) is 2.97. The van der Waals surface area contributed by atoms with Crippen molar-refractivity contribution >= 4 is 0 Å². The number of hydrogen-bond acceptors (Lipinski definition) is 3. The van der Waals surface area contributed by atoms with Crippen LogP contribution in [0.15, 0.2) is 24.3 Å². The third-order valence-corrected chi connectivity index (χ3v) is 2.97. The van der Waals surface area contributed by atoms with E-state index in [-0.39, 0.29) is 12.1 Å². The fraction of sp³-hybridized carbons (Fsp3) is 0.571. The highest BCUT2D eigenvalue weighted by atomic mass is 19.4. The lowest BCUT2D eigenvalue weighted by molar-refractivity contribution is -0.138. The summed E-state index contributed by atoms with van der Waals surface area (Å²) < 4.78 is 38.7. The second kappa shape index (κ2) is 7.06. The molecule has 1 aromatic rings. The Kier molecular flexibility index (Phi) is 5.98. The lowest BCUT2D eigenvalue weighted by Crippen LogP contribution is -2.36. The Balaban J connectivity index is 2.71. The first kappa shape index (κ1) is 16.9. The molecule has 1 aromatic carbocycles. The molecule has 0 aromatic heterocycles. The van der Waals surface area contributed by atoms with Crippen LogP contribution in [-0.2, 0) is 6.18 Å². The van der Waals surface area contributed by atoms with Crippen molar-refractivity contribution in [2.24, 2.45) is 0 Å². The number of likely N-dealkylation sites (N-methyl/N-ethyl adjacent to an activating group) is 1. The van der Waals surface area contributed by atoms with Crippen molar-refractivity contribution in [2.45, 2.75) is 25.2 Å². The molecule has 2 N–H and O–H groups in total. The highest BCUT2D eigenvalue weighted by molar-refractivity contribution is 5.32. The summed E-state index contributed by atoms with van der Waals surface area (Å²) in [5, 5.41) is 12.7. The van der Waals surface area contributed by atoms with Gasteiger partial charge in [0.15, 0.2) is 0 Å². The molecule has 0 fully saturated rings. The van der Waals surface area contributed by atoms with Crippen molar-refractivity contribution in [3.8, 4) is 0 Å². The molecule has 0 aliphatic heterocycles. The van der Waals surface area contributed by atoms with Crippen LogP contribution in [0, 0.1) is 0 Å². The topological polar surface area (TPSA) is 35.5 Å². The van der Waals surface area contributed by atoms with Gasteiger partial charge >= 0.3 is 6.18 Å². The van der Waals surface area contributed by atoms with E-state index in [0.717, 1.165) is 6.07 Å². The van der Waals surface area contributed by atoms with E-state index in [1.54, 1.807) is 13.0 Å². The molecule has 114 valence electrons. The van der Waals surface area contributed by atoms with Gasteiger partial charge in [-0.1, -0.05) is 18.2 Å². The van der Waals surface area contributed by atoms with Crippen LogP contribution in [0.5, 0.6) is 0 Å². The fourth-order valence-electron chi connectivity index (χ4n) is 2.04. The first-order valence-corrected chi connectivity index (χ1v) is 6.44. The molecular formula is C14H21F3N2O. The van der Waals surface area contributed by atoms with Crippen LogP contribution in [0.4, 0.5) is 13.2 Å². The zero-order valence-corrected chi connectivity index (χ0v) is 11.9. The maximum atomic E-state index is 12.9. The Bertz CT molecular complexity index is 421. The van der Waals surface area contributed by atoms with Crippen molar-refractivity contribution in [3.63, 3.8) is 0 Å². The number of alkyl halides is 3. The van der Waals surface area contributed by atoms with Crippen LogP contribution >= 0.6 is 0 Å². The van der Waals surface area contributed by atoms with Crippen molar-refractivity contribution < 1.29 is 18.3 Å². The zero-order valence-electron chi connectivity index (χ0n) is 11.9. The molecule has 1 rings (SSSR count). The molecule has 0 spiro atoms. The molecule has 0 amide bonds. The maximum absolute atomic E-state index is 12.9. The number of halogens is 3. The zero-order chi connectivity index (χ0) is 15.3. The highest BCUT2D eigenvalue weighted by Crippen LogP contribution is 2.34. The van der Waals surface area contributed by atoms with E-state index in [4.69, 9.17) is 0 Å². The summed E-state index contributed by atoms with van der Waals surface area (Å²) in [7, 11) is 3.65. The quantitative estimate of drug-likeness (QED) is 0.844. The summed E-state index contributed by atoms with van der Waals surface area (Å²) in [5.74, 6) is 0. The van der Waals surface area contributed by atoms with E-state index in [2.05, 4.69) is 5.32 Å². The highest BCUT2D eigenvalue weighted by Gasteiger charge is 2.34. The first-order valence-electron chi connectivity index (χ1n) is 6.44. The van der Waals surface area contributed by atoms with Gasteiger partial charge in [0.1, 0.15) is 0 Å². The number of benzene rings is 1. The Morgan fingerprint density at radius 3 is 2.40 bits per heavy atom. The Morgan fingerprint density at radius 1 is 1.25 bits per heavy atom. The van der Waals surface area contributed by atoms with Crippen molar-refractivity contribution in [3.05, 3.63) is 35.4 Å². The number of aliphatic hydroxyl groups is 1. The van der Waals surface area contributed by atoms with Crippen molar-refractivity contribution in [2.75, 3.05) is 27.2 Å². The summed E-state index contributed by atoms with van der Waals surface area (Å²) in [6, 6.07) is 5.01. The third kappa shape index (κ3) is 5.11. The first-order chi connectivity index (χ1) is 9.21. The molecule has 0 heterocycles. The SMILES string of the molecule is C[C@@H](NC[C@@H](O)CN(C)C)c1ccccc1C(F)(F)F. The van der Waals surface area contributed by atoms with Gasteiger partial charge in [-0.3, -0.25) is 0 Å². The molecule has 6 heteroatoms. The van der Waals surface area contributed by atoms with Gasteiger partial charge in [0, 0.05) is 19.1 Å². The van der Waals surface area contributed by atoms with Crippen LogP contribution < -0.4 is 5.32 Å². The van der Waals surface area contributed by atoms with Gasteiger partial charge in [-0.2, -0.15) is 13.2 Å². The number of rotatable bonds is 6.